The summed E-state index contributed by atoms with van der Waals surface area (Å²) in [6, 6.07) is 6.62. The SMILES string of the molecule is COc1ccc2c(c1)[C@]13CCN[C@H](C2)C1(OC)CCC(=O)C3. The van der Waals surface area contributed by atoms with Crippen LogP contribution in [0.5, 0.6) is 5.75 Å². The highest BCUT2D eigenvalue weighted by molar-refractivity contribution is 5.82. The van der Waals surface area contributed by atoms with Crippen LogP contribution in [0.3, 0.4) is 0 Å². The van der Waals surface area contributed by atoms with Gasteiger partial charge in [-0.05, 0) is 49.1 Å². The highest BCUT2D eigenvalue weighted by Crippen LogP contribution is 2.57. The Labute approximate surface area is 131 Å². The Balaban J connectivity index is 1.96. The molecule has 0 aromatic heterocycles. The summed E-state index contributed by atoms with van der Waals surface area (Å²) in [5, 5.41) is 3.65. The quantitative estimate of drug-likeness (QED) is 0.907. The lowest BCUT2D eigenvalue weighted by Crippen LogP contribution is -2.73. The lowest BCUT2D eigenvalue weighted by atomic mass is 9.49. The van der Waals surface area contributed by atoms with E-state index in [0.29, 0.717) is 24.7 Å². The van der Waals surface area contributed by atoms with Gasteiger partial charge < -0.3 is 14.8 Å². The van der Waals surface area contributed by atoms with Crippen molar-refractivity contribution in [2.45, 2.75) is 49.2 Å². The summed E-state index contributed by atoms with van der Waals surface area (Å²) in [7, 11) is 3.51. The van der Waals surface area contributed by atoms with E-state index in [1.807, 2.05) is 13.2 Å². The Kier molecular flexibility index (Phi) is 3.10. The molecule has 2 bridgehead atoms. The number of hydrogen-bond acceptors (Lipinski definition) is 4. The van der Waals surface area contributed by atoms with Gasteiger partial charge in [-0.15, -0.1) is 0 Å². The lowest BCUT2D eigenvalue weighted by molar-refractivity contribution is -0.161. The molecule has 1 heterocycles. The zero-order chi connectivity index (χ0) is 15.4. The second-order valence-electron chi connectivity index (χ2n) is 6.88. The first-order chi connectivity index (χ1) is 10.6. The molecule has 4 rings (SSSR count). The highest BCUT2D eigenvalue weighted by Gasteiger charge is 2.64. The van der Waals surface area contributed by atoms with Crippen molar-refractivity contribution in [2.24, 2.45) is 0 Å². The van der Waals surface area contributed by atoms with Crippen molar-refractivity contribution < 1.29 is 14.3 Å². The second kappa shape index (κ2) is 4.80. The summed E-state index contributed by atoms with van der Waals surface area (Å²) in [6.07, 6.45) is 3.95. The fourth-order valence-corrected chi connectivity index (χ4v) is 5.23. The van der Waals surface area contributed by atoms with Crippen molar-refractivity contribution in [3.05, 3.63) is 29.3 Å². The van der Waals surface area contributed by atoms with Crippen LogP contribution in [0.2, 0.25) is 0 Å². The van der Waals surface area contributed by atoms with Crippen molar-refractivity contribution in [1.29, 1.82) is 0 Å². The standard InChI is InChI=1S/C18H23NO3/c1-21-14-4-3-12-9-16-18(22-2)6-5-13(20)11-17(18,7-8-19-16)15(12)10-14/h3-4,10,16,19H,5-9,11H2,1-2H3/t16-,17-,18?/m1/s1. The van der Waals surface area contributed by atoms with Gasteiger partial charge in [-0.3, -0.25) is 4.79 Å². The average molecular weight is 301 g/mol. The number of methoxy groups -OCH3 is 2. The molecule has 2 aliphatic carbocycles. The normalized spacial score (nSPS) is 36.5. The van der Waals surface area contributed by atoms with Gasteiger partial charge in [0.2, 0.25) is 0 Å². The van der Waals surface area contributed by atoms with Crippen LogP contribution in [-0.4, -0.2) is 38.2 Å². The van der Waals surface area contributed by atoms with Crippen LogP contribution in [0.4, 0.5) is 0 Å². The molecule has 4 nitrogen and oxygen atoms in total. The first kappa shape index (κ1) is 14.2. The summed E-state index contributed by atoms with van der Waals surface area (Å²) >= 11 is 0. The van der Waals surface area contributed by atoms with E-state index in [1.54, 1.807) is 7.11 Å². The molecule has 0 spiro atoms. The molecule has 1 saturated heterocycles. The van der Waals surface area contributed by atoms with Crippen LogP contribution in [0, 0.1) is 0 Å². The van der Waals surface area contributed by atoms with Gasteiger partial charge in [0.05, 0.1) is 12.7 Å². The number of benzene rings is 1. The number of piperidine rings is 1. The zero-order valence-corrected chi connectivity index (χ0v) is 13.3. The minimum atomic E-state index is -0.265. The minimum absolute atomic E-state index is 0.199. The Morgan fingerprint density at radius 3 is 2.91 bits per heavy atom. The van der Waals surface area contributed by atoms with E-state index >= 15 is 0 Å². The van der Waals surface area contributed by atoms with Gasteiger partial charge in [0.15, 0.2) is 0 Å². The van der Waals surface area contributed by atoms with Crippen molar-refractivity contribution in [3.63, 3.8) is 0 Å². The van der Waals surface area contributed by atoms with E-state index in [4.69, 9.17) is 9.47 Å². The number of nitrogens with one attached hydrogen (secondary N) is 1. The molecule has 2 fully saturated rings. The third kappa shape index (κ3) is 1.62. The molecule has 0 radical (unpaired) electrons. The van der Waals surface area contributed by atoms with E-state index in [2.05, 4.69) is 17.4 Å². The summed E-state index contributed by atoms with van der Waals surface area (Å²) < 4.78 is 11.6. The fourth-order valence-electron chi connectivity index (χ4n) is 5.23. The number of carbonyl (C=O) groups is 1. The number of fused-ring (bicyclic) bond motifs is 1. The van der Waals surface area contributed by atoms with Crippen LogP contribution < -0.4 is 10.1 Å². The second-order valence-corrected chi connectivity index (χ2v) is 6.88. The van der Waals surface area contributed by atoms with Gasteiger partial charge >= 0.3 is 0 Å². The molecule has 1 aliphatic heterocycles. The fraction of sp³-hybridized carbons (Fsp3) is 0.611. The summed E-state index contributed by atoms with van der Waals surface area (Å²) in [5.74, 6) is 1.23. The van der Waals surface area contributed by atoms with E-state index in [1.165, 1.54) is 11.1 Å². The van der Waals surface area contributed by atoms with Crippen LogP contribution in [0.15, 0.2) is 18.2 Å². The summed E-state index contributed by atoms with van der Waals surface area (Å²) in [5.41, 5.74) is 2.15. The van der Waals surface area contributed by atoms with Crippen LogP contribution in [0.1, 0.15) is 36.8 Å². The first-order valence-corrected chi connectivity index (χ1v) is 8.13. The number of rotatable bonds is 2. The van der Waals surface area contributed by atoms with Gasteiger partial charge in [0, 0.05) is 31.4 Å². The molecule has 1 saturated carbocycles. The molecule has 0 amide bonds. The topological polar surface area (TPSA) is 47.6 Å². The Hall–Kier alpha value is -1.39. The lowest BCUT2D eigenvalue weighted by Gasteiger charge is -2.62. The summed E-state index contributed by atoms with van der Waals surface area (Å²) in [6.45, 7) is 0.944. The predicted molar refractivity (Wildman–Crippen MR) is 83.4 cm³/mol. The number of Topliss-reactive ketones (excluding diaryl/α,β-unsaturated/α-hetero) is 1. The van der Waals surface area contributed by atoms with Gasteiger partial charge in [0.25, 0.3) is 0 Å². The maximum absolute atomic E-state index is 12.3. The maximum atomic E-state index is 12.3. The molecule has 4 heteroatoms. The number of ketones is 1. The molecule has 1 aromatic rings. The largest absolute Gasteiger partial charge is 0.497 e. The maximum Gasteiger partial charge on any atom is 0.134 e. The Bertz CT molecular complexity index is 629. The molecule has 1 N–H and O–H groups in total. The molecule has 3 aliphatic rings. The van der Waals surface area contributed by atoms with Crippen molar-refractivity contribution in [3.8, 4) is 5.75 Å². The Morgan fingerprint density at radius 1 is 1.27 bits per heavy atom. The van der Waals surface area contributed by atoms with Gasteiger partial charge in [0.1, 0.15) is 11.5 Å². The smallest absolute Gasteiger partial charge is 0.134 e. The van der Waals surface area contributed by atoms with Crippen molar-refractivity contribution in [2.75, 3.05) is 20.8 Å². The molecule has 1 unspecified atom stereocenters. The number of ether oxygens (including phenoxy) is 2. The van der Waals surface area contributed by atoms with Gasteiger partial charge in [-0.2, -0.15) is 0 Å². The predicted octanol–water partition coefficient (Wildman–Crippen LogP) is 1.99. The van der Waals surface area contributed by atoms with E-state index in [9.17, 15) is 4.79 Å². The monoisotopic (exact) mass is 301 g/mol. The van der Waals surface area contributed by atoms with E-state index in [-0.39, 0.29) is 11.0 Å². The molecule has 3 atom stereocenters. The van der Waals surface area contributed by atoms with Crippen LogP contribution >= 0.6 is 0 Å². The summed E-state index contributed by atoms with van der Waals surface area (Å²) in [4.78, 5) is 12.3. The molecule has 22 heavy (non-hydrogen) atoms. The van der Waals surface area contributed by atoms with Crippen molar-refractivity contribution >= 4 is 5.78 Å². The molecular formula is C18H23NO3. The van der Waals surface area contributed by atoms with Crippen LogP contribution in [0.25, 0.3) is 0 Å². The highest BCUT2D eigenvalue weighted by atomic mass is 16.5. The van der Waals surface area contributed by atoms with Gasteiger partial charge in [-0.25, -0.2) is 0 Å². The van der Waals surface area contributed by atoms with Crippen LogP contribution in [-0.2, 0) is 21.4 Å². The van der Waals surface area contributed by atoms with Crippen molar-refractivity contribution in [1.82, 2.24) is 5.32 Å². The first-order valence-electron chi connectivity index (χ1n) is 8.13. The number of hydrogen-bond donors (Lipinski definition) is 1. The Morgan fingerprint density at radius 2 is 2.14 bits per heavy atom. The third-order valence-electron chi connectivity index (χ3n) is 6.21. The van der Waals surface area contributed by atoms with E-state index < -0.39 is 0 Å². The number of carbonyl (C=O) groups excluding carboxylic acids is 1. The average Bonchev–Trinajstić information content (AvgIpc) is 2.54. The zero-order valence-electron chi connectivity index (χ0n) is 13.3. The van der Waals surface area contributed by atoms with Gasteiger partial charge in [-0.1, -0.05) is 6.07 Å². The molecule has 1 aromatic carbocycles. The molecule has 118 valence electrons. The minimum Gasteiger partial charge on any atom is -0.497 e. The molecular weight excluding hydrogens is 278 g/mol. The van der Waals surface area contributed by atoms with E-state index in [0.717, 1.165) is 31.6 Å². The third-order valence-corrected chi connectivity index (χ3v) is 6.21.